The zero-order valence-electron chi connectivity index (χ0n) is 12.1. The van der Waals surface area contributed by atoms with Crippen LogP contribution in [0.1, 0.15) is 18.9 Å². The van der Waals surface area contributed by atoms with E-state index in [9.17, 15) is 0 Å². The van der Waals surface area contributed by atoms with Crippen LogP contribution in [-0.2, 0) is 0 Å². The summed E-state index contributed by atoms with van der Waals surface area (Å²) in [7, 11) is 0. The lowest BCUT2D eigenvalue weighted by Crippen LogP contribution is -2.47. The quantitative estimate of drug-likeness (QED) is 0.902. The van der Waals surface area contributed by atoms with Crippen molar-refractivity contribution in [1.29, 1.82) is 0 Å². The molecule has 0 aromatic carbocycles. The van der Waals surface area contributed by atoms with Crippen molar-refractivity contribution in [2.24, 2.45) is 0 Å². The van der Waals surface area contributed by atoms with Gasteiger partial charge < -0.3 is 9.63 Å². The van der Waals surface area contributed by atoms with Gasteiger partial charge in [-0.15, -0.1) is 11.3 Å². The number of nitrogens with zero attached hydrogens (tertiary/aromatic N) is 4. The standard InChI is InChI=1S/C14H20N4O2S/c1-11(18-6-4-17(5-7-18)8-9-19)14-15-13(16-20-14)12-3-2-10-21-12/h2-3,10-11,19H,4-9H2,1H3/t11-/m1/s1. The Bertz CT molecular complexity index is 549. The van der Waals surface area contributed by atoms with Crippen molar-refractivity contribution in [1.82, 2.24) is 19.9 Å². The van der Waals surface area contributed by atoms with E-state index in [0.717, 1.165) is 37.6 Å². The molecule has 0 spiro atoms. The molecule has 0 aliphatic carbocycles. The Morgan fingerprint density at radius 2 is 2.19 bits per heavy atom. The van der Waals surface area contributed by atoms with Crippen LogP contribution in [0.15, 0.2) is 22.0 Å². The molecular weight excluding hydrogens is 288 g/mol. The van der Waals surface area contributed by atoms with Crippen molar-refractivity contribution in [3.63, 3.8) is 0 Å². The van der Waals surface area contributed by atoms with Crippen LogP contribution < -0.4 is 0 Å². The highest BCUT2D eigenvalue weighted by atomic mass is 32.1. The summed E-state index contributed by atoms with van der Waals surface area (Å²) in [4.78, 5) is 10.2. The predicted molar refractivity (Wildman–Crippen MR) is 81.1 cm³/mol. The fourth-order valence-electron chi connectivity index (χ4n) is 2.58. The topological polar surface area (TPSA) is 65.6 Å². The highest BCUT2D eigenvalue weighted by Gasteiger charge is 2.25. The van der Waals surface area contributed by atoms with E-state index in [1.807, 2.05) is 17.5 Å². The zero-order chi connectivity index (χ0) is 14.7. The van der Waals surface area contributed by atoms with E-state index in [1.165, 1.54) is 0 Å². The van der Waals surface area contributed by atoms with Crippen LogP contribution in [0.2, 0.25) is 0 Å². The molecule has 1 aliphatic heterocycles. The second-order valence-electron chi connectivity index (χ2n) is 5.21. The fraction of sp³-hybridized carbons (Fsp3) is 0.571. The molecule has 0 bridgehead atoms. The number of aliphatic hydroxyl groups is 1. The first kappa shape index (κ1) is 14.6. The summed E-state index contributed by atoms with van der Waals surface area (Å²) in [5.41, 5.74) is 0. The molecule has 0 unspecified atom stereocenters. The van der Waals surface area contributed by atoms with Crippen LogP contribution in [0.25, 0.3) is 10.7 Å². The first-order chi connectivity index (χ1) is 10.3. The number of hydrogen-bond acceptors (Lipinski definition) is 7. The van der Waals surface area contributed by atoms with Gasteiger partial charge in [0, 0.05) is 32.7 Å². The van der Waals surface area contributed by atoms with Crippen LogP contribution in [-0.4, -0.2) is 64.4 Å². The molecule has 6 nitrogen and oxygen atoms in total. The van der Waals surface area contributed by atoms with Crippen LogP contribution in [0.4, 0.5) is 0 Å². The van der Waals surface area contributed by atoms with E-state index in [1.54, 1.807) is 11.3 Å². The summed E-state index contributed by atoms with van der Waals surface area (Å²) < 4.78 is 5.43. The first-order valence-corrected chi connectivity index (χ1v) is 8.10. The minimum absolute atomic E-state index is 0.127. The third kappa shape index (κ3) is 3.32. The maximum Gasteiger partial charge on any atom is 0.244 e. The molecule has 1 aliphatic rings. The third-order valence-electron chi connectivity index (χ3n) is 3.91. The Morgan fingerprint density at radius 3 is 2.86 bits per heavy atom. The number of thiophene rings is 1. The van der Waals surface area contributed by atoms with E-state index in [0.29, 0.717) is 11.7 Å². The summed E-state index contributed by atoms with van der Waals surface area (Å²) in [6, 6.07) is 4.11. The Labute approximate surface area is 128 Å². The van der Waals surface area contributed by atoms with Crippen molar-refractivity contribution in [2.45, 2.75) is 13.0 Å². The minimum Gasteiger partial charge on any atom is -0.395 e. The number of aromatic nitrogens is 2. The molecule has 3 heterocycles. The van der Waals surface area contributed by atoms with Crippen LogP contribution in [0, 0.1) is 0 Å². The number of rotatable bonds is 5. The SMILES string of the molecule is C[C@H](c1nc(-c2cccs2)no1)N1CCN(CCO)CC1. The average molecular weight is 308 g/mol. The molecule has 3 rings (SSSR count). The molecule has 1 saturated heterocycles. The Morgan fingerprint density at radius 1 is 1.38 bits per heavy atom. The highest BCUT2D eigenvalue weighted by Crippen LogP contribution is 2.25. The fourth-order valence-corrected chi connectivity index (χ4v) is 3.23. The lowest BCUT2D eigenvalue weighted by Gasteiger charge is -2.36. The average Bonchev–Trinajstić information content (AvgIpc) is 3.19. The van der Waals surface area contributed by atoms with Gasteiger partial charge in [0.15, 0.2) is 0 Å². The van der Waals surface area contributed by atoms with Gasteiger partial charge in [-0.25, -0.2) is 0 Å². The number of piperazine rings is 1. The Hall–Kier alpha value is -1.28. The molecule has 1 N–H and O–H groups in total. The molecule has 2 aromatic rings. The predicted octanol–water partition coefficient (Wildman–Crippen LogP) is 1.47. The maximum absolute atomic E-state index is 8.98. The van der Waals surface area contributed by atoms with Gasteiger partial charge >= 0.3 is 0 Å². The zero-order valence-corrected chi connectivity index (χ0v) is 12.9. The van der Waals surface area contributed by atoms with Crippen molar-refractivity contribution in [3.8, 4) is 10.7 Å². The second kappa shape index (κ2) is 6.65. The van der Waals surface area contributed by atoms with Gasteiger partial charge in [-0.2, -0.15) is 4.98 Å². The number of hydrogen-bond donors (Lipinski definition) is 1. The lowest BCUT2D eigenvalue weighted by atomic mass is 10.2. The summed E-state index contributed by atoms with van der Waals surface area (Å²) in [5.74, 6) is 1.35. The summed E-state index contributed by atoms with van der Waals surface area (Å²) in [6.45, 7) is 6.94. The number of aliphatic hydroxyl groups excluding tert-OH is 1. The Kier molecular flexibility index (Phi) is 4.64. The van der Waals surface area contributed by atoms with Crippen molar-refractivity contribution >= 4 is 11.3 Å². The second-order valence-corrected chi connectivity index (χ2v) is 6.16. The van der Waals surface area contributed by atoms with Gasteiger partial charge in [-0.1, -0.05) is 11.2 Å². The molecule has 1 fully saturated rings. The first-order valence-electron chi connectivity index (χ1n) is 7.22. The van der Waals surface area contributed by atoms with Gasteiger partial charge in [0.1, 0.15) is 0 Å². The molecule has 0 amide bonds. The van der Waals surface area contributed by atoms with Crippen molar-refractivity contribution < 1.29 is 9.63 Å². The van der Waals surface area contributed by atoms with Gasteiger partial charge in [-0.05, 0) is 18.4 Å². The monoisotopic (exact) mass is 308 g/mol. The molecule has 114 valence electrons. The van der Waals surface area contributed by atoms with E-state index >= 15 is 0 Å². The highest BCUT2D eigenvalue weighted by molar-refractivity contribution is 7.13. The van der Waals surface area contributed by atoms with Gasteiger partial charge in [0.25, 0.3) is 0 Å². The van der Waals surface area contributed by atoms with Crippen LogP contribution in [0.3, 0.4) is 0 Å². The molecule has 0 saturated carbocycles. The minimum atomic E-state index is 0.127. The molecule has 21 heavy (non-hydrogen) atoms. The van der Waals surface area contributed by atoms with E-state index in [2.05, 4.69) is 26.9 Å². The smallest absolute Gasteiger partial charge is 0.244 e. The summed E-state index contributed by atoms with van der Waals surface area (Å²) >= 11 is 1.61. The van der Waals surface area contributed by atoms with Crippen LogP contribution >= 0.6 is 11.3 Å². The largest absolute Gasteiger partial charge is 0.395 e. The third-order valence-corrected chi connectivity index (χ3v) is 4.78. The molecule has 7 heteroatoms. The van der Waals surface area contributed by atoms with Gasteiger partial charge in [0.2, 0.25) is 11.7 Å². The maximum atomic E-state index is 8.98. The number of β-amino-alcohol motifs (C(OH)–C–C–N with tert-alkyl or cyclic N) is 1. The summed E-state index contributed by atoms with van der Waals surface area (Å²) in [5, 5.41) is 15.1. The lowest BCUT2D eigenvalue weighted by molar-refractivity contribution is 0.0776. The molecular formula is C14H20N4O2S. The normalized spacial score (nSPS) is 19.0. The van der Waals surface area contributed by atoms with Crippen LogP contribution in [0.5, 0.6) is 0 Å². The van der Waals surface area contributed by atoms with Gasteiger partial charge in [-0.3, -0.25) is 9.80 Å². The molecule has 1 atom stereocenters. The Balaban J connectivity index is 1.62. The summed E-state index contributed by atoms with van der Waals surface area (Å²) in [6.07, 6.45) is 0. The van der Waals surface area contributed by atoms with Gasteiger partial charge in [0.05, 0.1) is 17.5 Å². The van der Waals surface area contributed by atoms with E-state index in [-0.39, 0.29) is 12.6 Å². The molecule has 2 aromatic heterocycles. The van der Waals surface area contributed by atoms with E-state index < -0.39 is 0 Å². The van der Waals surface area contributed by atoms with E-state index in [4.69, 9.17) is 9.63 Å². The van der Waals surface area contributed by atoms with Crippen molar-refractivity contribution in [3.05, 3.63) is 23.4 Å². The van der Waals surface area contributed by atoms with Crippen molar-refractivity contribution in [2.75, 3.05) is 39.3 Å². The molecule has 0 radical (unpaired) electrons.